The molecule has 0 aliphatic rings. The second-order valence-electron chi connectivity index (χ2n) is 5.74. The lowest BCUT2D eigenvalue weighted by atomic mass is 10.0. The third-order valence-electron chi connectivity index (χ3n) is 3.96. The minimum Gasteiger partial charge on any atom is -0.497 e. The fourth-order valence-corrected chi connectivity index (χ4v) is 2.67. The average Bonchev–Trinajstić information content (AvgIpc) is 2.99. The van der Waals surface area contributed by atoms with E-state index in [1.807, 2.05) is 0 Å². The molecule has 0 saturated heterocycles. The van der Waals surface area contributed by atoms with Crippen molar-refractivity contribution in [3.05, 3.63) is 65.9 Å². The van der Waals surface area contributed by atoms with Crippen molar-refractivity contribution < 1.29 is 22.7 Å². The van der Waals surface area contributed by atoms with Crippen molar-refractivity contribution in [1.29, 1.82) is 0 Å². The van der Waals surface area contributed by atoms with E-state index in [9.17, 15) is 18.0 Å². The molecule has 0 aliphatic heterocycles. The summed E-state index contributed by atoms with van der Waals surface area (Å²) in [5, 5.41) is 6.13. The molecule has 0 radical (unpaired) electrons. The SMILES string of the molecule is COc1ccc(C(=O)Nc2c(-c3ccccc3)c(C(F)(F)F)nn2C)cc1. The molecular formula is C19H16F3N3O2. The molecule has 3 aromatic rings. The molecule has 8 heteroatoms. The van der Waals surface area contributed by atoms with Gasteiger partial charge in [-0.05, 0) is 29.8 Å². The van der Waals surface area contributed by atoms with Crippen molar-refractivity contribution in [3.8, 4) is 16.9 Å². The molecule has 0 saturated carbocycles. The summed E-state index contributed by atoms with van der Waals surface area (Å²) in [7, 11) is 2.85. The van der Waals surface area contributed by atoms with Crippen LogP contribution in [-0.2, 0) is 13.2 Å². The van der Waals surface area contributed by atoms with E-state index < -0.39 is 17.8 Å². The van der Waals surface area contributed by atoms with Crippen molar-refractivity contribution in [2.45, 2.75) is 6.18 Å². The molecule has 0 spiro atoms. The lowest BCUT2D eigenvalue weighted by molar-refractivity contribution is -0.140. The van der Waals surface area contributed by atoms with Crippen LogP contribution < -0.4 is 10.1 Å². The van der Waals surface area contributed by atoms with Gasteiger partial charge in [-0.1, -0.05) is 30.3 Å². The summed E-state index contributed by atoms with van der Waals surface area (Å²) in [6.07, 6.45) is -4.66. The zero-order valence-electron chi connectivity index (χ0n) is 14.5. The van der Waals surface area contributed by atoms with E-state index in [0.717, 1.165) is 4.68 Å². The molecule has 0 unspecified atom stereocenters. The number of ether oxygens (including phenoxy) is 1. The topological polar surface area (TPSA) is 56.1 Å². The molecule has 3 rings (SSSR count). The molecule has 1 aromatic heterocycles. The maximum atomic E-state index is 13.5. The zero-order valence-corrected chi connectivity index (χ0v) is 14.5. The second-order valence-corrected chi connectivity index (χ2v) is 5.74. The number of amides is 1. The van der Waals surface area contributed by atoms with Crippen LogP contribution in [0.3, 0.4) is 0 Å². The molecule has 2 aromatic carbocycles. The summed E-state index contributed by atoms with van der Waals surface area (Å²) in [6, 6.07) is 14.3. The highest BCUT2D eigenvalue weighted by Crippen LogP contribution is 2.40. The molecule has 1 heterocycles. The van der Waals surface area contributed by atoms with Gasteiger partial charge >= 0.3 is 6.18 Å². The predicted octanol–water partition coefficient (Wildman–Crippen LogP) is 4.37. The van der Waals surface area contributed by atoms with Gasteiger partial charge in [-0.15, -0.1) is 0 Å². The Bertz CT molecular complexity index is 949. The van der Waals surface area contributed by atoms with Gasteiger partial charge < -0.3 is 10.1 Å². The number of hydrogen-bond acceptors (Lipinski definition) is 3. The number of halogens is 3. The first-order chi connectivity index (χ1) is 12.8. The normalized spacial score (nSPS) is 11.3. The summed E-state index contributed by atoms with van der Waals surface area (Å²) in [6.45, 7) is 0. The van der Waals surface area contributed by atoms with Crippen LogP contribution >= 0.6 is 0 Å². The summed E-state index contributed by atoms with van der Waals surface area (Å²) < 4.78 is 46.5. The van der Waals surface area contributed by atoms with E-state index >= 15 is 0 Å². The van der Waals surface area contributed by atoms with Crippen LogP contribution in [0.1, 0.15) is 16.1 Å². The highest BCUT2D eigenvalue weighted by atomic mass is 19.4. The summed E-state index contributed by atoms with van der Waals surface area (Å²) in [5.74, 6) is -0.0164. The van der Waals surface area contributed by atoms with Crippen molar-refractivity contribution in [2.75, 3.05) is 12.4 Å². The Morgan fingerprint density at radius 2 is 1.70 bits per heavy atom. The van der Waals surface area contributed by atoms with Crippen LogP contribution in [0.25, 0.3) is 11.1 Å². The molecule has 0 atom stereocenters. The smallest absolute Gasteiger partial charge is 0.435 e. The number of carbonyl (C=O) groups excluding carboxylic acids is 1. The molecule has 1 N–H and O–H groups in total. The summed E-state index contributed by atoms with van der Waals surface area (Å²) in [5.41, 5.74) is -0.638. The number of benzene rings is 2. The van der Waals surface area contributed by atoms with E-state index in [2.05, 4.69) is 10.4 Å². The molecule has 1 amide bonds. The Labute approximate surface area is 153 Å². The number of alkyl halides is 3. The van der Waals surface area contributed by atoms with Gasteiger partial charge in [0.25, 0.3) is 5.91 Å². The maximum absolute atomic E-state index is 13.5. The van der Waals surface area contributed by atoms with Gasteiger partial charge in [-0.2, -0.15) is 18.3 Å². The van der Waals surface area contributed by atoms with Gasteiger partial charge in [-0.25, -0.2) is 0 Å². The lowest BCUT2D eigenvalue weighted by Gasteiger charge is -2.11. The number of nitrogens with zero attached hydrogens (tertiary/aromatic N) is 2. The van der Waals surface area contributed by atoms with E-state index in [1.165, 1.54) is 38.4 Å². The Morgan fingerprint density at radius 3 is 2.26 bits per heavy atom. The number of anilines is 1. The van der Waals surface area contributed by atoms with E-state index in [0.29, 0.717) is 11.3 Å². The Kier molecular flexibility index (Phi) is 4.89. The van der Waals surface area contributed by atoms with Gasteiger partial charge in [0, 0.05) is 12.6 Å². The number of rotatable bonds is 4. The number of hydrogen-bond donors (Lipinski definition) is 1. The van der Waals surface area contributed by atoms with Crippen molar-refractivity contribution in [3.63, 3.8) is 0 Å². The van der Waals surface area contributed by atoms with Gasteiger partial charge in [-0.3, -0.25) is 9.48 Å². The zero-order chi connectivity index (χ0) is 19.6. The van der Waals surface area contributed by atoms with Crippen molar-refractivity contribution in [2.24, 2.45) is 7.05 Å². The van der Waals surface area contributed by atoms with Crippen LogP contribution in [0, 0.1) is 0 Å². The van der Waals surface area contributed by atoms with E-state index in [4.69, 9.17) is 4.74 Å². The third-order valence-corrected chi connectivity index (χ3v) is 3.96. The van der Waals surface area contributed by atoms with Crippen LogP contribution in [0.2, 0.25) is 0 Å². The Morgan fingerprint density at radius 1 is 1.07 bits per heavy atom. The van der Waals surface area contributed by atoms with Crippen LogP contribution in [0.5, 0.6) is 5.75 Å². The Balaban J connectivity index is 2.04. The number of carbonyl (C=O) groups is 1. The first kappa shape index (κ1) is 18.5. The van der Waals surface area contributed by atoms with Crippen molar-refractivity contribution >= 4 is 11.7 Å². The largest absolute Gasteiger partial charge is 0.497 e. The predicted molar refractivity (Wildman–Crippen MR) is 94.6 cm³/mol. The van der Waals surface area contributed by atoms with E-state index in [-0.39, 0.29) is 16.9 Å². The fraction of sp³-hybridized carbons (Fsp3) is 0.158. The minimum atomic E-state index is -4.66. The minimum absolute atomic E-state index is 0.0330. The Hall–Kier alpha value is -3.29. The lowest BCUT2D eigenvalue weighted by Crippen LogP contribution is -2.15. The van der Waals surface area contributed by atoms with Gasteiger partial charge in [0.2, 0.25) is 0 Å². The number of methoxy groups -OCH3 is 1. The summed E-state index contributed by atoms with van der Waals surface area (Å²) in [4.78, 5) is 12.5. The summed E-state index contributed by atoms with van der Waals surface area (Å²) >= 11 is 0. The fourth-order valence-electron chi connectivity index (χ4n) is 2.67. The standard InChI is InChI=1S/C19H16F3N3O2/c1-25-17(23-18(26)13-8-10-14(27-2)11-9-13)15(12-6-4-3-5-7-12)16(24-25)19(20,21)22/h3-11H,1-2H3,(H,23,26). The van der Waals surface area contributed by atoms with Gasteiger partial charge in [0.1, 0.15) is 11.6 Å². The van der Waals surface area contributed by atoms with Crippen molar-refractivity contribution in [1.82, 2.24) is 9.78 Å². The molecule has 0 fully saturated rings. The van der Waals surface area contributed by atoms with Crippen LogP contribution in [-0.4, -0.2) is 22.8 Å². The first-order valence-electron chi connectivity index (χ1n) is 7.96. The van der Waals surface area contributed by atoms with E-state index in [1.54, 1.807) is 30.3 Å². The third kappa shape index (κ3) is 3.79. The number of aromatic nitrogens is 2. The quantitative estimate of drug-likeness (QED) is 0.737. The number of aryl methyl sites for hydroxylation is 1. The molecule has 5 nitrogen and oxygen atoms in total. The first-order valence-corrected chi connectivity index (χ1v) is 7.96. The van der Waals surface area contributed by atoms with Gasteiger partial charge in [0.15, 0.2) is 5.69 Å². The number of nitrogens with one attached hydrogen (secondary N) is 1. The van der Waals surface area contributed by atoms with Crippen LogP contribution in [0.4, 0.5) is 19.0 Å². The molecular weight excluding hydrogens is 359 g/mol. The molecule has 0 aliphatic carbocycles. The highest BCUT2D eigenvalue weighted by molar-refractivity contribution is 6.06. The van der Waals surface area contributed by atoms with Gasteiger partial charge in [0.05, 0.1) is 12.7 Å². The maximum Gasteiger partial charge on any atom is 0.435 e. The van der Waals surface area contributed by atoms with Crippen LogP contribution in [0.15, 0.2) is 54.6 Å². The average molecular weight is 375 g/mol. The molecule has 140 valence electrons. The monoisotopic (exact) mass is 375 g/mol. The second kappa shape index (κ2) is 7.14. The molecule has 27 heavy (non-hydrogen) atoms. The highest BCUT2D eigenvalue weighted by Gasteiger charge is 2.39. The molecule has 0 bridgehead atoms.